The van der Waals surface area contributed by atoms with Gasteiger partial charge in [0.15, 0.2) is 0 Å². The third kappa shape index (κ3) is 14.1. The van der Waals surface area contributed by atoms with E-state index in [2.05, 4.69) is 31.9 Å². The highest BCUT2D eigenvalue weighted by atomic mass is 32.2. The molecule has 0 radical (unpaired) electrons. The number of hydrogen-bond acceptors (Lipinski definition) is 8. The molecule has 1 aliphatic rings. The zero-order chi connectivity index (χ0) is 37.3. The Morgan fingerprint density at radius 2 is 1.41 bits per heavy atom. The van der Waals surface area contributed by atoms with Gasteiger partial charge in [0, 0.05) is 12.8 Å². The second-order valence-electron chi connectivity index (χ2n) is 12.9. The van der Waals surface area contributed by atoms with Gasteiger partial charge in [-0.2, -0.15) is 11.8 Å². The van der Waals surface area contributed by atoms with Crippen molar-refractivity contribution in [3.8, 4) is 0 Å². The molecule has 15 heteroatoms. The van der Waals surface area contributed by atoms with Crippen LogP contribution in [-0.2, 0) is 46.4 Å². The molecule has 0 bridgehead atoms. The first-order chi connectivity index (χ1) is 24.4. The maximum absolute atomic E-state index is 13.8. The van der Waals surface area contributed by atoms with Crippen LogP contribution < -0.4 is 37.6 Å². The Balaban J connectivity index is 1.73. The number of primary amides is 1. The molecule has 276 valence electrons. The Kier molecular flexibility index (Phi) is 16.4. The third-order valence-electron chi connectivity index (χ3n) is 8.20. The standard InChI is InChI=1S/C36H49N7O7S/c1-22(2)18-27(36(50)40-26(32(37)46)16-17-51-3)39-31(45)21-38-35(49)28(20-24-12-8-5-9-13-24)41-33(47)25(19-23-10-6-4-7-11-23)34(48)43-29-14-15-30(44)42-29/h4-13,22,25-29H,14-21H2,1-3H3,(H2,37,46)(H,38,49)(H,39,45)(H,40,50)(H,41,47)(H,42,44)(H,43,48)/t25-,26-,27+,28+,29-/m1/s1. The molecule has 3 rings (SSSR count). The summed E-state index contributed by atoms with van der Waals surface area (Å²) in [5.74, 6) is -4.75. The fraction of sp³-hybridized carbons (Fsp3) is 0.472. The molecule has 1 fully saturated rings. The van der Waals surface area contributed by atoms with E-state index in [0.717, 1.165) is 11.1 Å². The molecule has 2 aromatic carbocycles. The average molecular weight is 724 g/mol. The van der Waals surface area contributed by atoms with Crippen LogP contribution in [0, 0.1) is 11.8 Å². The van der Waals surface area contributed by atoms with Crippen molar-refractivity contribution < 1.29 is 33.6 Å². The van der Waals surface area contributed by atoms with Crippen molar-refractivity contribution in [3.05, 3.63) is 71.8 Å². The molecule has 0 saturated carbocycles. The van der Waals surface area contributed by atoms with Crippen molar-refractivity contribution in [2.75, 3.05) is 18.6 Å². The van der Waals surface area contributed by atoms with Crippen LogP contribution in [0.25, 0.3) is 0 Å². The van der Waals surface area contributed by atoms with Crippen molar-refractivity contribution in [1.29, 1.82) is 0 Å². The molecule has 5 atom stereocenters. The molecule has 8 N–H and O–H groups in total. The molecule has 7 amide bonds. The van der Waals surface area contributed by atoms with Gasteiger partial charge in [0.2, 0.25) is 41.4 Å². The molecular weight excluding hydrogens is 675 g/mol. The van der Waals surface area contributed by atoms with Gasteiger partial charge in [0.1, 0.15) is 30.2 Å². The molecular formula is C36H49N7O7S. The molecule has 1 saturated heterocycles. The van der Waals surface area contributed by atoms with Crippen LogP contribution in [0.1, 0.15) is 50.7 Å². The highest BCUT2D eigenvalue weighted by molar-refractivity contribution is 7.98. The lowest BCUT2D eigenvalue weighted by Crippen LogP contribution is -2.56. The predicted octanol–water partition coefficient (Wildman–Crippen LogP) is 0.295. The topological polar surface area (TPSA) is 218 Å². The van der Waals surface area contributed by atoms with E-state index in [9.17, 15) is 33.6 Å². The summed E-state index contributed by atoms with van der Waals surface area (Å²) in [4.78, 5) is 90.6. The number of nitrogens with one attached hydrogen (secondary N) is 6. The van der Waals surface area contributed by atoms with Gasteiger partial charge >= 0.3 is 0 Å². The second-order valence-corrected chi connectivity index (χ2v) is 13.9. The van der Waals surface area contributed by atoms with Gasteiger partial charge < -0.3 is 37.6 Å². The Morgan fingerprint density at radius 1 is 0.804 bits per heavy atom. The zero-order valence-corrected chi connectivity index (χ0v) is 30.1. The van der Waals surface area contributed by atoms with Crippen molar-refractivity contribution in [1.82, 2.24) is 31.9 Å². The first-order valence-electron chi connectivity index (χ1n) is 17.0. The summed E-state index contributed by atoms with van der Waals surface area (Å²) in [6.45, 7) is 3.24. The van der Waals surface area contributed by atoms with E-state index in [1.165, 1.54) is 11.8 Å². The summed E-state index contributed by atoms with van der Waals surface area (Å²) in [5, 5.41) is 15.9. The number of amides is 7. The van der Waals surface area contributed by atoms with Crippen LogP contribution >= 0.6 is 11.8 Å². The smallest absolute Gasteiger partial charge is 0.243 e. The number of hydrogen-bond donors (Lipinski definition) is 7. The van der Waals surface area contributed by atoms with E-state index < -0.39 is 72.2 Å². The van der Waals surface area contributed by atoms with E-state index >= 15 is 0 Å². The molecule has 1 heterocycles. The number of carbonyl (C=O) groups is 7. The fourth-order valence-corrected chi connectivity index (χ4v) is 5.98. The summed E-state index contributed by atoms with van der Waals surface area (Å²) < 4.78 is 0. The first-order valence-corrected chi connectivity index (χ1v) is 18.4. The highest BCUT2D eigenvalue weighted by Gasteiger charge is 2.34. The van der Waals surface area contributed by atoms with Crippen LogP contribution in [0.15, 0.2) is 60.7 Å². The largest absolute Gasteiger partial charge is 0.368 e. The van der Waals surface area contributed by atoms with Crippen LogP contribution in [0.2, 0.25) is 0 Å². The van der Waals surface area contributed by atoms with Crippen LogP contribution in [0.5, 0.6) is 0 Å². The lowest BCUT2D eigenvalue weighted by molar-refractivity contribution is -0.138. The second kappa shape index (κ2) is 20.7. The van der Waals surface area contributed by atoms with Gasteiger partial charge in [0.05, 0.1) is 6.54 Å². The summed E-state index contributed by atoms with van der Waals surface area (Å²) in [5.41, 5.74) is 6.92. The number of thioether (sulfide) groups is 1. The van der Waals surface area contributed by atoms with E-state index in [-0.39, 0.29) is 37.5 Å². The highest BCUT2D eigenvalue weighted by Crippen LogP contribution is 2.14. The van der Waals surface area contributed by atoms with Crippen LogP contribution in [0.3, 0.4) is 0 Å². The van der Waals surface area contributed by atoms with Gasteiger partial charge in [-0.15, -0.1) is 0 Å². The lowest BCUT2D eigenvalue weighted by Gasteiger charge is -2.24. The summed E-state index contributed by atoms with van der Waals surface area (Å²) in [6, 6.07) is 14.8. The molecule has 0 aliphatic carbocycles. The zero-order valence-electron chi connectivity index (χ0n) is 29.2. The minimum Gasteiger partial charge on any atom is -0.368 e. The van der Waals surface area contributed by atoms with E-state index in [1.807, 2.05) is 32.2 Å². The molecule has 51 heavy (non-hydrogen) atoms. The fourth-order valence-electron chi connectivity index (χ4n) is 5.51. The summed E-state index contributed by atoms with van der Waals surface area (Å²) in [7, 11) is 0. The van der Waals surface area contributed by atoms with E-state index in [1.54, 1.807) is 48.5 Å². The summed E-state index contributed by atoms with van der Waals surface area (Å²) >= 11 is 1.50. The molecule has 0 spiro atoms. The third-order valence-corrected chi connectivity index (χ3v) is 8.84. The maximum Gasteiger partial charge on any atom is 0.243 e. The van der Waals surface area contributed by atoms with Crippen molar-refractivity contribution in [2.24, 2.45) is 17.6 Å². The van der Waals surface area contributed by atoms with Crippen molar-refractivity contribution in [2.45, 2.75) is 76.7 Å². The Bertz CT molecular complexity index is 1510. The van der Waals surface area contributed by atoms with Crippen molar-refractivity contribution in [3.63, 3.8) is 0 Å². The summed E-state index contributed by atoms with van der Waals surface area (Å²) in [6.07, 6.45) is 2.58. The van der Waals surface area contributed by atoms with Crippen molar-refractivity contribution >= 4 is 53.1 Å². The number of carbonyl (C=O) groups excluding carboxylic acids is 7. The Hall–Kier alpha value is -4.92. The number of nitrogens with two attached hydrogens (primary N) is 1. The minimum absolute atomic E-state index is 0.00491. The molecule has 0 aromatic heterocycles. The van der Waals surface area contributed by atoms with Gasteiger partial charge in [-0.3, -0.25) is 33.6 Å². The lowest BCUT2D eigenvalue weighted by atomic mass is 9.96. The Labute approximate surface area is 302 Å². The normalized spacial score (nSPS) is 16.2. The van der Waals surface area contributed by atoms with Crippen LogP contribution in [-0.4, -0.2) is 84.2 Å². The SMILES string of the molecule is CSCC[C@@H](NC(=O)[C@H](CC(C)C)NC(=O)CNC(=O)[C@H](Cc1ccccc1)NC(=O)[C@@H](Cc1ccccc1)C(=O)N[C@@H]1CCC(=O)N1)C(N)=O. The quantitative estimate of drug-likeness (QED) is 0.0941. The molecule has 14 nitrogen and oxygen atoms in total. The monoisotopic (exact) mass is 723 g/mol. The van der Waals surface area contributed by atoms with E-state index in [0.29, 0.717) is 18.6 Å². The van der Waals surface area contributed by atoms with Gasteiger partial charge in [-0.05, 0) is 54.7 Å². The molecule has 1 aliphatic heterocycles. The Morgan fingerprint density at radius 3 is 1.96 bits per heavy atom. The first kappa shape index (κ1) is 40.5. The van der Waals surface area contributed by atoms with Gasteiger partial charge in [0.25, 0.3) is 0 Å². The average Bonchev–Trinajstić information content (AvgIpc) is 3.51. The molecule has 0 unspecified atom stereocenters. The molecule has 2 aromatic rings. The van der Waals surface area contributed by atoms with Gasteiger partial charge in [-0.25, -0.2) is 0 Å². The number of benzene rings is 2. The van der Waals surface area contributed by atoms with Gasteiger partial charge in [-0.1, -0.05) is 74.5 Å². The predicted molar refractivity (Wildman–Crippen MR) is 194 cm³/mol. The van der Waals surface area contributed by atoms with Crippen LogP contribution in [0.4, 0.5) is 0 Å². The number of rotatable bonds is 20. The minimum atomic E-state index is -1.24. The maximum atomic E-state index is 13.8. The van der Waals surface area contributed by atoms with E-state index in [4.69, 9.17) is 5.73 Å².